The summed E-state index contributed by atoms with van der Waals surface area (Å²) in [5, 5.41) is 4.22. The van der Waals surface area contributed by atoms with Crippen LogP contribution in [-0.4, -0.2) is 25.0 Å². The van der Waals surface area contributed by atoms with Crippen LogP contribution < -0.4 is 5.32 Å². The minimum atomic E-state index is -0.649. The number of furan rings is 1. The monoisotopic (exact) mass is 371 g/mol. The fourth-order valence-corrected chi connectivity index (χ4v) is 2.87. The van der Waals surface area contributed by atoms with Gasteiger partial charge in [-0.1, -0.05) is 41.9 Å². The zero-order chi connectivity index (χ0) is 18.5. The van der Waals surface area contributed by atoms with Crippen LogP contribution in [0.3, 0.4) is 0 Å². The van der Waals surface area contributed by atoms with Crippen LogP contribution in [0.5, 0.6) is 0 Å². The first-order chi connectivity index (χ1) is 12.5. The number of rotatable bonds is 6. The SMILES string of the molecule is Cc1c(C(=O)OCC(=O)NCCc2cccc(Cl)c2)oc2ccccc12. The van der Waals surface area contributed by atoms with Gasteiger partial charge in [-0.2, -0.15) is 0 Å². The zero-order valence-corrected chi connectivity index (χ0v) is 15.0. The lowest BCUT2D eigenvalue weighted by molar-refractivity contribution is -0.124. The maximum Gasteiger partial charge on any atom is 0.375 e. The van der Waals surface area contributed by atoms with Gasteiger partial charge in [0.05, 0.1) is 0 Å². The topological polar surface area (TPSA) is 68.5 Å². The molecule has 0 bridgehead atoms. The Bertz CT molecular complexity index is 948. The third-order valence-electron chi connectivity index (χ3n) is 3.99. The number of carbonyl (C=O) groups is 2. The third kappa shape index (κ3) is 4.24. The number of hydrogen-bond acceptors (Lipinski definition) is 4. The summed E-state index contributed by atoms with van der Waals surface area (Å²) in [6.07, 6.45) is 0.642. The highest BCUT2D eigenvalue weighted by Crippen LogP contribution is 2.25. The molecule has 0 radical (unpaired) electrons. The Morgan fingerprint density at radius 3 is 2.73 bits per heavy atom. The van der Waals surface area contributed by atoms with E-state index in [-0.39, 0.29) is 18.3 Å². The quantitative estimate of drug-likeness (QED) is 0.667. The number of carbonyl (C=O) groups excluding carboxylic acids is 2. The number of para-hydroxylation sites is 1. The van der Waals surface area contributed by atoms with Crippen molar-refractivity contribution < 1.29 is 18.7 Å². The maximum atomic E-state index is 12.2. The Balaban J connectivity index is 1.49. The van der Waals surface area contributed by atoms with Crippen LogP contribution in [0.4, 0.5) is 0 Å². The number of amides is 1. The second-order valence-electron chi connectivity index (χ2n) is 5.86. The number of fused-ring (bicyclic) bond motifs is 1. The fraction of sp³-hybridized carbons (Fsp3) is 0.200. The Labute approximate surface area is 155 Å². The molecule has 0 aliphatic carbocycles. The average molecular weight is 372 g/mol. The van der Waals surface area contributed by atoms with Crippen molar-refractivity contribution in [2.45, 2.75) is 13.3 Å². The van der Waals surface area contributed by atoms with Gasteiger partial charge >= 0.3 is 5.97 Å². The van der Waals surface area contributed by atoms with E-state index in [2.05, 4.69) is 5.32 Å². The predicted octanol–water partition coefficient (Wildman–Crippen LogP) is 3.91. The Kier molecular flexibility index (Phi) is 5.58. The molecule has 0 saturated heterocycles. The lowest BCUT2D eigenvalue weighted by Crippen LogP contribution is -2.30. The maximum absolute atomic E-state index is 12.2. The molecule has 1 amide bonds. The summed E-state index contributed by atoms with van der Waals surface area (Å²) < 4.78 is 10.6. The standard InChI is InChI=1S/C20H18ClNO4/c1-13-16-7-2-3-8-17(16)26-19(13)20(24)25-12-18(23)22-10-9-14-5-4-6-15(21)11-14/h2-8,11H,9-10,12H2,1H3,(H,22,23). The highest BCUT2D eigenvalue weighted by Gasteiger charge is 2.19. The van der Waals surface area contributed by atoms with Gasteiger partial charge in [0.15, 0.2) is 6.61 Å². The van der Waals surface area contributed by atoms with Crippen LogP contribution in [0.15, 0.2) is 52.9 Å². The van der Waals surface area contributed by atoms with Gasteiger partial charge in [-0.25, -0.2) is 4.79 Å². The number of benzene rings is 2. The van der Waals surface area contributed by atoms with Gasteiger partial charge in [0.1, 0.15) is 5.58 Å². The van der Waals surface area contributed by atoms with Crippen molar-refractivity contribution in [3.8, 4) is 0 Å². The molecule has 0 fully saturated rings. The molecule has 6 heteroatoms. The molecule has 2 aromatic carbocycles. The van der Waals surface area contributed by atoms with Gasteiger partial charge in [-0.3, -0.25) is 4.79 Å². The number of hydrogen-bond donors (Lipinski definition) is 1. The molecule has 26 heavy (non-hydrogen) atoms. The molecule has 1 N–H and O–H groups in total. The van der Waals surface area contributed by atoms with Crippen LogP contribution in [-0.2, 0) is 16.0 Å². The van der Waals surface area contributed by atoms with Crippen molar-refractivity contribution in [3.05, 3.63) is 70.4 Å². The van der Waals surface area contributed by atoms with Gasteiger partial charge in [-0.15, -0.1) is 0 Å². The molecule has 0 unspecified atom stereocenters. The number of esters is 1. The summed E-state index contributed by atoms with van der Waals surface area (Å²) in [5.41, 5.74) is 2.34. The summed E-state index contributed by atoms with van der Waals surface area (Å²) in [6, 6.07) is 14.8. The predicted molar refractivity (Wildman–Crippen MR) is 99.4 cm³/mol. The van der Waals surface area contributed by atoms with E-state index >= 15 is 0 Å². The Hall–Kier alpha value is -2.79. The van der Waals surface area contributed by atoms with E-state index in [9.17, 15) is 9.59 Å². The van der Waals surface area contributed by atoms with Crippen LogP contribution in [0.1, 0.15) is 21.7 Å². The first-order valence-corrected chi connectivity index (χ1v) is 8.59. The summed E-state index contributed by atoms with van der Waals surface area (Å²) in [4.78, 5) is 24.0. The molecule has 0 spiro atoms. The number of halogens is 1. The molecule has 0 aliphatic heterocycles. The minimum Gasteiger partial charge on any atom is -0.450 e. The average Bonchev–Trinajstić information content (AvgIpc) is 2.97. The van der Waals surface area contributed by atoms with Crippen molar-refractivity contribution in [3.63, 3.8) is 0 Å². The summed E-state index contributed by atoms with van der Waals surface area (Å²) in [5.74, 6) is -0.893. The van der Waals surface area contributed by atoms with E-state index < -0.39 is 5.97 Å². The number of aryl methyl sites for hydroxylation is 1. The molecular weight excluding hydrogens is 354 g/mol. The Morgan fingerprint density at radius 2 is 1.96 bits per heavy atom. The van der Waals surface area contributed by atoms with Gasteiger partial charge < -0.3 is 14.5 Å². The number of nitrogens with one attached hydrogen (secondary N) is 1. The van der Waals surface area contributed by atoms with Crippen LogP contribution in [0.25, 0.3) is 11.0 Å². The minimum absolute atomic E-state index is 0.123. The molecule has 1 heterocycles. The van der Waals surface area contributed by atoms with Crippen molar-refractivity contribution in [1.29, 1.82) is 0 Å². The van der Waals surface area contributed by atoms with Crippen LogP contribution >= 0.6 is 11.6 Å². The second kappa shape index (κ2) is 8.06. The molecule has 3 rings (SSSR count). The van der Waals surface area contributed by atoms with Gasteiger partial charge in [-0.05, 0) is 37.1 Å². The van der Waals surface area contributed by atoms with Gasteiger partial charge in [0.25, 0.3) is 5.91 Å². The molecular formula is C20H18ClNO4. The van der Waals surface area contributed by atoms with Gasteiger partial charge in [0, 0.05) is 22.5 Å². The van der Waals surface area contributed by atoms with Crippen molar-refractivity contribution in [2.75, 3.05) is 13.2 Å². The molecule has 0 saturated carbocycles. The smallest absolute Gasteiger partial charge is 0.375 e. The molecule has 0 atom stereocenters. The lowest BCUT2D eigenvalue weighted by atomic mass is 10.1. The normalized spacial score (nSPS) is 10.7. The summed E-state index contributed by atoms with van der Waals surface area (Å²) >= 11 is 5.92. The van der Waals surface area contributed by atoms with Crippen LogP contribution in [0, 0.1) is 6.92 Å². The first kappa shape index (κ1) is 18.0. The third-order valence-corrected chi connectivity index (χ3v) is 4.22. The van der Waals surface area contributed by atoms with E-state index in [0.29, 0.717) is 29.1 Å². The molecule has 1 aromatic heterocycles. The molecule has 5 nitrogen and oxygen atoms in total. The molecule has 134 valence electrons. The summed E-state index contributed by atoms with van der Waals surface area (Å²) in [6.45, 7) is 1.86. The highest BCUT2D eigenvalue weighted by molar-refractivity contribution is 6.30. The van der Waals surface area contributed by atoms with Crippen molar-refractivity contribution in [2.24, 2.45) is 0 Å². The molecule has 0 aliphatic rings. The van der Waals surface area contributed by atoms with Crippen LogP contribution in [0.2, 0.25) is 5.02 Å². The van der Waals surface area contributed by atoms with E-state index in [1.807, 2.05) is 36.4 Å². The van der Waals surface area contributed by atoms with E-state index in [0.717, 1.165) is 10.9 Å². The van der Waals surface area contributed by atoms with E-state index in [1.165, 1.54) is 0 Å². The van der Waals surface area contributed by atoms with Gasteiger partial charge in [0.2, 0.25) is 5.76 Å². The molecule has 3 aromatic rings. The zero-order valence-electron chi connectivity index (χ0n) is 14.3. The largest absolute Gasteiger partial charge is 0.450 e. The van der Waals surface area contributed by atoms with Crippen molar-refractivity contribution >= 4 is 34.4 Å². The fourth-order valence-electron chi connectivity index (χ4n) is 2.66. The van der Waals surface area contributed by atoms with E-state index in [1.54, 1.807) is 19.1 Å². The highest BCUT2D eigenvalue weighted by atomic mass is 35.5. The Morgan fingerprint density at radius 1 is 1.15 bits per heavy atom. The second-order valence-corrected chi connectivity index (χ2v) is 6.29. The first-order valence-electron chi connectivity index (χ1n) is 8.21. The summed E-state index contributed by atoms with van der Waals surface area (Å²) in [7, 11) is 0. The lowest BCUT2D eigenvalue weighted by Gasteiger charge is -2.06. The van der Waals surface area contributed by atoms with Crippen molar-refractivity contribution in [1.82, 2.24) is 5.32 Å². The number of ether oxygens (including phenoxy) is 1. The van der Waals surface area contributed by atoms with E-state index in [4.69, 9.17) is 20.8 Å².